The van der Waals surface area contributed by atoms with Crippen molar-refractivity contribution < 1.29 is 9.18 Å². The van der Waals surface area contributed by atoms with Crippen LogP contribution in [0.3, 0.4) is 0 Å². The Morgan fingerprint density at radius 2 is 1.83 bits per heavy atom. The van der Waals surface area contributed by atoms with Crippen molar-refractivity contribution in [1.82, 2.24) is 10.3 Å². The highest BCUT2D eigenvalue weighted by Crippen LogP contribution is 2.16. The van der Waals surface area contributed by atoms with E-state index in [1.807, 2.05) is 0 Å². The lowest BCUT2D eigenvalue weighted by molar-refractivity contribution is 0.0976. The van der Waals surface area contributed by atoms with Gasteiger partial charge in [-0.3, -0.25) is 10.2 Å². The zero-order chi connectivity index (χ0) is 17.5. The number of amidine groups is 1. The number of rotatable bonds is 6. The van der Waals surface area contributed by atoms with Crippen molar-refractivity contribution in [3.05, 3.63) is 63.6 Å². The van der Waals surface area contributed by atoms with Crippen molar-refractivity contribution in [3.8, 4) is 0 Å². The lowest BCUT2D eigenvalue weighted by atomic mass is 10.1. The Balaban J connectivity index is 1.74. The molecule has 0 aliphatic rings. The molecule has 0 spiro atoms. The maximum Gasteiger partial charge on any atom is 0.259 e. The second-order valence-electron chi connectivity index (χ2n) is 5.24. The summed E-state index contributed by atoms with van der Waals surface area (Å²) >= 11 is 11.5. The molecule has 1 amide bonds. The maximum absolute atomic E-state index is 12.8. The summed E-state index contributed by atoms with van der Waals surface area (Å²) in [6.45, 7) is 0. The van der Waals surface area contributed by atoms with Crippen molar-refractivity contribution in [2.24, 2.45) is 0 Å². The van der Waals surface area contributed by atoms with Gasteiger partial charge in [-0.2, -0.15) is 0 Å². The topological polar surface area (TPSA) is 65.8 Å². The van der Waals surface area contributed by atoms with Gasteiger partial charge in [0, 0.05) is 6.42 Å². The molecule has 0 bridgehead atoms. The molecule has 1 heterocycles. The minimum atomic E-state index is -0.479. The molecule has 1 aromatic heterocycles. The minimum absolute atomic E-state index is 0.00381. The number of aromatic nitrogens is 1. The van der Waals surface area contributed by atoms with Crippen LogP contribution < -0.4 is 5.32 Å². The van der Waals surface area contributed by atoms with E-state index in [9.17, 15) is 9.18 Å². The van der Waals surface area contributed by atoms with E-state index in [0.29, 0.717) is 6.42 Å². The number of unbranched alkanes of at least 4 members (excludes halogenated alkanes) is 1. The van der Waals surface area contributed by atoms with Crippen LogP contribution in [-0.2, 0) is 6.42 Å². The fourth-order valence-electron chi connectivity index (χ4n) is 2.13. The van der Waals surface area contributed by atoms with Crippen LogP contribution in [0.2, 0.25) is 10.3 Å². The van der Waals surface area contributed by atoms with Crippen molar-refractivity contribution in [2.45, 2.75) is 25.7 Å². The number of amides is 1. The Labute approximate surface area is 149 Å². The Bertz CT molecular complexity index is 735. The van der Waals surface area contributed by atoms with Crippen LogP contribution >= 0.6 is 23.2 Å². The van der Waals surface area contributed by atoms with Crippen LogP contribution in [0.1, 0.15) is 35.2 Å². The zero-order valence-corrected chi connectivity index (χ0v) is 14.3. The lowest BCUT2D eigenvalue weighted by Crippen LogP contribution is -2.30. The van der Waals surface area contributed by atoms with Gasteiger partial charge in [0.25, 0.3) is 5.91 Å². The van der Waals surface area contributed by atoms with Gasteiger partial charge in [0.15, 0.2) is 0 Å². The monoisotopic (exact) mass is 367 g/mol. The van der Waals surface area contributed by atoms with Crippen LogP contribution in [0.4, 0.5) is 4.39 Å². The highest BCUT2D eigenvalue weighted by molar-refractivity contribution is 6.34. The number of nitrogens with one attached hydrogen (secondary N) is 2. The third kappa shape index (κ3) is 5.58. The highest BCUT2D eigenvalue weighted by Gasteiger charge is 2.13. The van der Waals surface area contributed by atoms with E-state index < -0.39 is 5.91 Å². The zero-order valence-electron chi connectivity index (χ0n) is 12.8. The number of carbonyl (C=O) groups excluding carboxylic acids is 1. The van der Waals surface area contributed by atoms with Gasteiger partial charge < -0.3 is 5.32 Å². The van der Waals surface area contributed by atoms with E-state index in [1.54, 1.807) is 12.1 Å². The second-order valence-corrected chi connectivity index (χ2v) is 5.98. The van der Waals surface area contributed by atoms with Gasteiger partial charge in [0.1, 0.15) is 22.0 Å². The van der Waals surface area contributed by atoms with Crippen molar-refractivity contribution in [2.75, 3.05) is 0 Å². The number of hydrogen-bond donors (Lipinski definition) is 2. The number of carbonyl (C=O) groups is 1. The maximum atomic E-state index is 12.8. The third-order valence-corrected chi connectivity index (χ3v) is 3.88. The SMILES string of the molecule is N=C(CCCCc1ccc(F)cc1)NC(=O)c1ccc(Cl)nc1Cl. The molecular formula is C17H16Cl2FN3O. The van der Waals surface area contributed by atoms with E-state index in [4.69, 9.17) is 28.6 Å². The molecule has 24 heavy (non-hydrogen) atoms. The molecule has 0 saturated carbocycles. The molecule has 126 valence electrons. The largest absolute Gasteiger partial charge is 0.310 e. The quantitative estimate of drug-likeness (QED) is 0.337. The Kier molecular flexibility index (Phi) is 6.70. The fourth-order valence-corrected chi connectivity index (χ4v) is 2.56. The Morgan fingerprint density at radius 3 is 2.50 bits per heavy atom. The molecule has 0 atom stereocenters. The Morgan fingerprint density at radius 1 is 1.12 bits per heavy atom. The fraction of sp³-hybridized carbons (Fsp3) is 0.235. The summed E-state index contributed by atoms with van der Waals surface area (Å²) in [5, 5.41) is 10.5. The van der Waals surface area contributed by atoms with Crippen LogP contribution in [0.5, 0.6) is 0 Å². The van der Waals surface area contributed by atoms with Crippen LogP contribution in [0.15, 0.2) is 36.4 Å². The van der Waals surface area contributed by atoms with E-state index in [2.05, 4.69) is 10.3 Å². The van der Waals surface area contributed by atoms with E-state index >= 15 is 0 Å². The molecular weight excluding hydrogens is 352 g/mol. The molecule has 2 rings (SSSR count). The number of halogens is 3. The standard InChI is InChI=1S/C17H16Cl2FN3O/c18-14-10-9-13(16(19)22-14)17(24)23-15(21)4-2-1-3-11-5-7-12(20)8-6-11/h5-10H,1-4H2,(H2,21,23,24). The van der Waals surface area contributed by atoms with E-state index in [0.717, 1.165) is 24.8 Å². The van der Waals surface area contributed by atoms with Crippen LogP contribution in [0, 0.1) is 11.2 Å². The summed E-state index contributed by atoms with van der Waals surface area (Å²) < 4.78 is 12.8. The predicted molar refractivity (Wildman–Crippen MR) is 93.4 cm³/mol. The third-order valence-electron chi connectivity index (χ3n) is 3.38. The highest BCUT2D eigenvalue weighted by atomic mass is 35.5. The van der Waals surface area contributed by atoms with E-state index in [1.165, 1.54) is 24.3 Å². The molecule has 2 N–H and O–H groups in total. The molecule has 0 aliphatic heterocycles. The van der Waals surface area contributed by atoms with Gasteiger partial charge >= 0.3 is 0 Å². The average Bonchev–Trinajstić information content (AvgIpc) is 2.53. The van der Waals surface area contributed by atoms with Crippen molar-refractivity contribution in [1.29, 1.82) is 5.41 Å². The summed E-state index contributed by atoms with van der Waals surface area (Å²) in [7, 11) is 0. The smallest absolute Gasteiger partial charge is 0.259 e. The molecule has 0 fully saturated rings. The molecule has 0 saturated heterocycles. The van der Waals surface area contributed by atoms with Gasteiger partial charge in [0.05, 0.1) is 5.56 Å². The first-order valence-corrected chi connectivity index (χ1v) is 8.16. The number of aryl methyl sites for hydroxylation is 1. The summed E-state index contributed by atoms with van der Waals surface area (Å²) in [6.07, 6.45) is 2.82. The predicted octanol–water partition coefficient (Wildman–Crippen LogP) is 4.65. The summed E-state index contributed by atoms with van der Waals surface area (Å²) in [4.78, 5) is 15.8. The van der Waals surface area contributed by atoms with Crippen molar-refractivity contribution >= 4 is 34.9 Å². The van der Waals surface area contributed by atoms with E-state index in [-0.39, 0.29) is 27.5 Å². The van der Waals surface area contributed by atoms with Crippen molar-refractivity contribution in [3.63, 3.8) is 0 Å². The molecule has 0 unspecified atom stereocenters. The number of hydrogen-bond acceptors (Lipinski definition) is 3. The molecule has 0 aliphatic carbocycles. The molecule has 7 heteroatoms. The second kappa shape index (κ2) is 8.76. The van der Waals surface area contributed by atoms with Crippen LogP contribution in [-0.4, -0.2) is 16.7 Å². The first-order valence-electron chi connectivity index (χ1n) is 7.41. The van der Waals surface area contributed by atoms with Gasteiger partial charge in [-0.25, -0.2) is 9.37 Å². The summed E-state index contributed by atoms with van der Waals surface area (Å²) in [6, 6.07) is 9.29. The minimum Gasteiger partial charge on any atom is -0.310 e. The van der Waals surface area contributed by atoms with Gasteiger partial charge in [-0.1, -0.05) is 35.3 Å². The van der Waals surface area contributed by atoms with Crippen LogP contribution in [0.25, 0.3) is 0 Å². The summed E-state index contributed by atoms with van der Waals surface area (Å²) in [5.41, 5.74) is 1.23. The molecule has 0 radical (unpaired) electrons. The number of benzene rings is 1. The van der Waals surface area contributed by atoms with Gasteiger partial charge in [-0.05, 0) is 49.1 Å². The molecule has 2 aromatic rings. The summed E-state index contributed by atoms with van der Waals surface area (Å²) in [5.74, 6) is -0.614. The normalized spacial score (nSPS) is 10.5. The first-order chi connectivity index (χ1) is 11.5. The molecule has 4 nitrogen and oxygen atoms in total. The molecule has 1 aromatic carbocycles. The van der Waals surface area contributed by atoms with Gasteiger partial charge in [-0.15, -0.1) is 0 Å². The first kappa shape index (κ1) is 18.4. The number of nitrogens with zero attached hydrogens (tertiary/aromatic N) is 1. The lowest BCUT2D eigenvalue weighted by Gasteiger charge is -2.08. The van der Waals surface area contributed by atoms with Gasteiger partial charge in [0.2, 0.25) is 0 Å². The average molecular weight is 368 g/mol. The Hall–Kier alpha value is -1.98. The number of pyridine rings is 1.